The number of rotatable bonds is 7. The van der Waals surface area contributed by atoms with Crippen LogP contribution in [0.1, 0.15) is 30.4 Å². The third-order valence-electron chi connectivity index (χ3n) is 6.04. The van der Waals surface area contributed by atoms with Crippen molar-refractivity contribution in [2.75, 3.05) is 26.2 Å². The van der Waals surface area contributed by atoms with Gasteiger partial charge in [0.2, 0.25) is 11.8 Å². The normalized spacial score (nSPS) is 20.5. The second-order valence-electron chi connectivity index (χ2n) is 8.22. The first-order valence-corrected chi connectivity index (χ1v) is 11.0. The van der Waals surface area contributed by atoms with Crippen molar-refractivity contribution >= 4 is 11.8 Å². The number of carbonyl (C=O) groups excluding carboxylic acids is 2. The number of pyridine rings is 1. The molecule has 0 spiro atoms. The Kier molecular flexibility index (Phi) is 7.27. The summed E-state index contributed by atoms with van der Waals surface area (Å²) in [5, 5.41) is 2.91. The SMILES string of the molecule is O=C1NCCN(Cc2cccnc2)C1CC(=O)N1CCC(OCc2ccccc2)CC1. The molecule has 164 valence electrons. The Hall–Kier alpha value is -2.77. The van der Waals surface area contributed by atoms with E-state index in [1.54, 1.807) is 6.20 Å². The van der Waals surface area contributed by atoms with E-state index in [0.717, 1.165) is 30.5 Å². The minimum Gasteiger partial charge on any atom is -0.373 e. The minimum atomic E-state index is -0.437. The monoisotopic (exact) mass is 422 g/mol. The summed E-state index contributed by atoms with van der Waals surface area (Å²) in [5.41, 5.74) is 2.21. The number of nitrogens with one attached hydrogen (secondary N) is 1. The molecule has 1 atom stereocenters. The summed E-state index contributed by atoms with van der Waals surface area (Å²) in [6.45, 7) is 3.91. The van der Waals surface area contributed by atoms with Gasteiger partial charge in [-0.1, -0.05) is 36.4 Å². The summed E-state index contributed by atoms with van der Waals surface area (Å²) >= 11 is 0. The van der Waals surface area contributed by atoms with E-state index in [1.807, 2.05) is 41.4 Å². The Labute approximate surface area is 183 Å². The number of carbonyl (C=O) groups is 2. The summed E-state index contributed by atoms with van der Waals surface area (Å²) in [7, 11) is 0. The molecule has 0 bridgehead atoms. The zero-order chi connectivity index (χ0) is 21.5. The van der Waals surface area contributed by atoms with Gasteiger partial charge in [-0.2, -0.15) is 0 Å². The summed E-state index contributed by atoms with van der Waals surface area (Å²) in [4.78, 5) is 33.6. The minimum absolute atomic E-state index is 0.0414. The fourth-order valence-corrected chi connectivity index (χ4v) is 4.25. The molecule has 2 aliphatic heterocycles. The van der Waals surface area contributed by atoms with Crippen LogP contribution in [0.5, 0.6) is 0 Å². The summed E-state index contributed by atoms with van der Waals surface area (Å²) in [5.74, 6) is -0.0238. The van der Waals surface area contributed by atoms with Crippen molar-refractivity contribution in [1.29, 1.82) is 0 Å². The molecule has 7 nitrogen and oxygen atoms in total. The Balaban J connectivity index is 1.27. The van der Waals surface area contributed by atoms with Crippen molar-refractivity contribution in [3.8, 4) is 0 Å². The molecule has 31 heavy (non-hydrogen) atoms. The fraction of sp³-hybridized carbons (Fsp3) is 0.458. The summed E-state index contributed by atoms with van der Waals surface area (Å²) in [6, 6.07) is 13.6. The molecule has 2 aromatic rings. The van der Waals surface area contributed by atoms with E-state index >= 15 is 0 Å². The zero-order valence-electron chi connectivity index (χ0n) is 17.8. The van der Waals surface area contributed by atoms with Crippen molar-refractivity contribution in [3.05, 3.63) is 66.0 Å². The van der Waals surface area contributed by atoms with Crippen LogP contribution in [0.25, 0.3) is 0 Å². The molecule has 0 saturated carbocycles. The number of nitrogens with zero attached hydrogens (tertiary/aromatic N) is 3. The van der Waals surface area contributed by atoms with Crippen LogP contribution in [-0.2, 0) is 27.5 Å². The molecule has 2 fully saturated rings. The Morgan fingerprint density at radius 1 is 1.06 bits per heavy atom. The quantitative estimate of drug-likeness (QED) is 0.739. The molecule has 3 heterocycles. The number of likely N-dealkylation sites (tertiary alicyclic amines) is 1. The molecular formula is C24H30N4O3. The number of hydrogen-bond donors (Lipinski definition) is 1. The maximum atomic E-state index is 13.0. The van der Waals surface area contributed by atoms with E-state index in [2.05, 4.69) is 27.3 Å². The van der Waals surface area contributed by atoms with E-state index in [1.165, 1.54) is 0 Å². The lowest BCUT2D eigenvalue weighted by Crippen LogP contribution is -2.56. The molecular weight excluding hydrogens is 392 g/mol. The maximum Gasteiger partial charge on any atom is 0.237 e. The lowest BCUT2D eigenvalue weighted by atomic mass is 10.0. The Morgan fingerprint density at radius 2 is 1.84 bits per heavy atom. The lowest BCUT2D eigenvalue weighted by molar-refractivity contribution is -0.140. The first-order valence-electron chi connectivity index (χ1n) is 11.0. The van der Waals surface area contributed by atoms with Gasteiger partial charge in [-0.15, -0.1) is 0 Å². The van der Waals surface area contributed by atoms with Crippen molar-refractivity contribution in [2.24, 2.45) is 0 Å². The third kappa shape index (κ3) is 5.89. The molecule has 4 rings (SSSR count). The molecule has 1 aromatic heterocycles. The second-order valence-corrected chi connectivity index (χ2v) is 8.22. The number of hydrogen-bond acceptors (Lipinski definition) is 5. The standard InChI is InChI=1S/C24H30N4O3/c29-23(27-12-8-21(9-13-27)31-18-19-5-2-1-3-6-19)15-22-24(30)26-11-14-28(22)17-20-7-4-10-25-16-20/h1-7,10,16,21-22H,8-9,11-15,17-18H2,(H,26,30). The molecule has 2 saturated heterocycles. The van der Waals surface area contributed by atoms with E-state index in [9.17, 15) is 9.59 Å². The zero-order valence-corrected chi connectivity index (χ0v) is 17.8. The number of ether oxygens (including phenoxy) is 1. The number of piperazine rings is 1. The van der Waals surface area contributed by atoms with E-state index < -0.39 is 6.04 Å². The topological polar surface area (TPSA) is 74.8 Å². The van der Waals surface area contributed by atoms with Crippen LogP contribution in [0, 0.1) is 0 Å². The molecule has 1 aromatic carbocycles. The fourth-order valence-electron chi connectivity index (χ4n) is 4.25. The van der Waals surface area contributed by atoms with Crippen LogP contribution in [0.4, 0.5) is 0 Å². The number of piperidine rings is 1. The van der Waals surface area contributed by atoms with Crippen molar-refractivity contribution < 1.29 is 14.3 Å². The Morgan fingerprint density at radius 3 is 2.58 bits per heavy atom. The molecule has 2 amide bonds. The van der Waals surface area contributed by atoms with E-state index in [0.29, 0.717) is 32.8 Å². The van der Waals surface area contributed by atoms with Crippen LogP contribution >= 0.6 is 0 Å². The summed E-state index contributed by atoms with van der Waals surface area (Å²) < 4.78 is 6.03. The molecule has 0 radical (unpaired) electrons. The van der Waals surface area contributed by atoms with Gasteiger partial charge in [0.15, 0.2) is 0 Å². The highest BCUT2D eigenvalue weighted by molar-refractivity contribution is 5.88. The van der Waals surface area contributed by atoms with Gasteiger partial charge in [-0.3, -0.25) is 19.5 Å². The first-order chi connectivity index (χ1) is 15.2. The van der Waals surface area contributed by atoms with Gasteiger partial charge in [0.25, 0.3) is 0 Å². The van der Waals surface area contributed by atoms with E-state index in [-0.39, 0.29) is 24.3 Å². The molecule has 2 aliphatic rings. The first kappa shape index (κ1) is 21.5. The average molecular weight is 423 g/mol. The number of aromatic nitrogens is 1. The van der Waals surface area contributed by atoms with Crippen molar-refractivity contribution in [3.63, 3.8) is 0 Å². The second kappa shape index (κ2) is 10.5. The van der Waals surface area contributed by atoms with Crippen molar-refractivity contribution in [1.82, 2.24) is 20.1 Å². The van der Waals surface area contributed by atoms with Gasteiger partial charge in [-0.25, -0.2) is 0 Å². The van der Waals surface area contributed by atoms with Gasteiger partial charge in [0, 0.05) is 45.1 Å². The molecule has 1 unspecified atom stereocenters. The van der Waals surface area contributed by atoms with Crippen LogP contribution in [0.3, 0.4) is 0 Å². The lowest BCUT2D eigenvalue weighted by Gasteiger charge is -2.37. The molecule has 7 heteroatoms. The smallest absolute Gasteiger partial charge is 0.237 e. The largest absolute Gasteiger partial charge is 0.373 e. The number of benzene rings is 1. The molecule has 0 aliphatic carbocycles. The highest BCUT2D eigenvalue weighted by Crippen LogP contribution is 2.19. The van der Waals surface area contributed by atoms with Crippen LogP contribution in [0.15, 0.2) is 54.9 Å². The predicted octanol–water partition coefficient (Wildman–Crippen LogP) is 1.98. The van der Waals surface area contributed by atoms with Gasteiger partial charge < -0.3 is 15.0 Å². The average Bonchev–Trinajstić information content (AvgIpc) is 2.81. The van der Waals surface area contributed by atoms with Crippen LogP contribution < -0.4 is 5.32 Å². The van der Waals surface area contributed by atoms with Gasteiger partial charge in [0.05, 0.1) is 25.2 Å². The highest BCUT2D eigenvalue weighted by atomic mass is 16.5. The Bertz CT molecular complexity index is 854. The predicted molar refractivity (Wildman–Crippen MR) is 117 cm³/mol. The number of amides is 2. The van der Waals surface area contributed by atoms with Crippen LogP contribution in [-0.4, -0.2) is 64.9 Å². The highest BCUT2D eigenvalue weighted by Gasteiger charge is 2.34. The summed E-state index contributed by atoms with van der Waals surface area (Å²) in [6.07, 6.45) is 5.58. The van der Waals surface area contributed by atoms with Gasteiger partial charge in [0.1, 0.15) is 0 Å². The third-order valence-corrected chi connectivity index (χ3v) is 6.04. The van der Waals surface area contributed by atoms with Gasteiger partial charge >= 0.3 is 0 Å². The maximum absolute atomic E-state index is 13.0. The van der Waals surface area contributed by atoms with Crippen LogP contribution in [0.2, 0.25) is 0 Å². The van der Waals surface area contributed by atoms with E-state index in [4.69, 9.17) is 4.74 Å². The van der Waals surface area contributed by atoms with Gasteiger partial charge in [-0.05, 0) is 30.0 Å². The molecule has 1 N–H and O–H groups in total. The van der Waals surface area contributed by atoms with Crippen molar-refractivity contribution in [2.45, 2.75) is 44.6 Å².